The van der Waals surface area contributed by atoms with Crippen molar-refractivity contribution in [1.82, 2.24) is 0 Å². The van der Waals surface area contributed by atoms with Gasteiger partial charge in [0.05, 0.1) is 25.3 Å². The first-order valence-corrected chi connectivity index (χ1v) is 10.4. The molecule has 4 rings (SSSR count). The van der Waals surface area contributed by atoms with E-state index in [4.69, 9.17) is 14.2 Å². The smallest absolute Gasteiger partial charge is 0.308 e. The second-order valence-electron chi connectivity index (χ2n) is 7.36. The van der Waals surface area contributed by atoms with E-state index in [1.165, 1.54) is 6.92 Å². The Morgan fingerprint density at radius 3 is 2.26 bits per heavy atom. The zero-order valence-electron chi connectivity index (χ0n) is 18.2. The van der Waals surface area contributed by atoms with Crippen LogP contribution >= 0.6 is 0 Å². The average Bonchev–Trinajstić information content (AvgIpc) is 3.09. The normalized spacial score (nSPS) is 12.8. The molecule has 6 nitrogen and oxygen atoms in total. The first-order valence-electron chi connectivity index (χ1n) is 10.4. The first-order chi connectivity index (χ1) is 15.0. The van der Waals surface area contributed by atoms with Crippen molar-refractivity contribution in [3.63, 3.8) is 0 Å². The van der Waals surface area contributed by atoms with Crippen LogP contribution < -0.4 is 19.1 Å². The van der Waals surface area contributed by atoms with Crippen LogP contribution in [0.25, 0.3) is 10.8 Å². The van der Waals surface area contributed by atoms with Crippen molar-refractivity contribution >= 4 is 28.3 Å². The molecule has 1 amide bonds. The molecule has 0 atom stereocenters. The molecule has 0 aliphatic carbocycles. The third-order valence-corrected chi connectivity index (χ3v) is 5.30. The van der Waals surface area contributed by atoms with E-state index in [-0.39, 0.29) is 11.9 Å². The number of anilines is 1. The maximum absolute atomic E-state index is 13.6. The Labute approximate surface area is 181 Å². The van der Waals surface area contributed by atoms with Crippen molar-refractivity contribution in [2.75, 3.05) is 18.1 Å². The fourth-order valence-electron chi connectivity index (χ4n) is 4.05. The van der Waals surface area contributed by atoms with Gasteiger partial charge < -0.3 is 19.1 Å². The standard InChI is InChI=1S/C25H25NO5/c1-5-29-23-18-9-7-8-10-19(18)24(30-6-2)22-20(23)14-26(25(22)28)17-11-12-21(15(3)13-17)31-16(4)27/h7-13H,5-6,14H2,1-4H3. The molecule has 3 aromatic rings. The van der Waals surface area contributed by atoms with Crippen molar-refractivity contribution in [1.29, 1.82) is 0 Å². The van der Waals surface area contributed by atoms with Crippen molar-refractivity contribution in [3.05, 3.63) is 59.2 Å². The number of nitrogens with zero attached hydrogens (tertiary/aromatic N) is 1. The molecule has 0 N–H and O–H groups in total. The lowest BCUT2D eigenvalue weighted by Crippen LogP contribution is -2.23. The molecular weight excluding hydrogens is 394 g/mol. The number of rotatable bonds is 6. The molecule has 0 saturated heterocycles. The molecule has 1 aliphatic heterocycles. The second kappa shape index (κ2) is 8.30. The summed E-state index contributed by atoms with van der Waals surface area (Å²) in [6.07, 6.45) is 0. The van der Waals surface area contributed by atoms with Crippen molar-refractivity contribution in [2.24, 2.45) is 0 Å². The SMILES string of the molecule is CCOc1c2c(c(OCC)c3ccccc13)C(=O)N(c1ccc(OC(C)=O)c(C)c1)C2. The highest BCUT2D eigenvalue weighted by Crippen LogP contribution is 2.46. The molecule has 0 unspecified atom stereocenters. The van der Waals surface area contributed by atoms with E-state index in [1.54, 1.807) is 17.0 Å². The van der Waals surface area contributed by atoms with Crippen molar-refractivity contribution < 1.29 is 23.8 Å². The van der Waals surface area contributed by atoms with Gasteiger partial charge in [-0.25, -0.2) is 0 Å². The Balaban J connectivity index is 1.85. The number of aryl methyl sites for hydroxylation is 1. The van der Waals surface area contributed by atoms with E-state index in [0.717, 1.165) is 33.3 Å². The summed E-state index contributed by atoms with van der Waals surface area (Å²) in [7, 11) is 0. The summed E-state index contributed by atoms with van der Waals surface area (Å²) in [5, 5.41) is 1.80. The van der Waals surface area contributed by atoms with Gasteiger partial charge in [0, 0.05) is 28.9 Å². The van der Waals surface area contributed by atoms with Crippen LogP contribution in [0.5, 0.6) is 17.2 Å². The zero-order valence-corrected chi connectivity index (χ0v) is 18.2. The molecule has 0 radical (unpaired) electrons. The largest absolute Gasteiger partial charge is 0.493 e. The lowest BCUT2D eigenvalue weighted by molar-refractivity contribution is -0.131. The Bertz CT molecular complexity index is 1180. The van der Waals surface area contributed by atoms with Gasteiger partial charge in [0.15, 0.2) is 0 Å². The summed E-state index contributed by atoms with van der Waals surface area (Å²) >= 11 is 0. The zero-order chi connectivity index (χ0) is 22.1. The molecule has 0 spiro atoms. The van der Waals surface area contributed by atoms with Gasteiger partial charge in [0.2, 0.25) is 0 Å². The number of esters is 1. The lowest BCUT2D eigenvalue weighted by atomic mass is 9.99. The van der Waals surface area contributed by atoms with Crippen LogP contribution in [-0.2, 0) is 11.3 Å². The van der Waals surface area contributed by atoms with E-state index in [9.17, 15) is 9.59 Å². The minimum absolute atomic E-state index is 0.134. The third-order valence-electron chi connectivity index (χ3n) is 5.30. The summed E-state index contributed by atoms with van der Waals surface area (Å²) in [6.45, 7) is 8.38. The van der Waals surface area contributed by atoms with Crippen LogP contribution in [0.1, 0.15) is 42.3 Å². The number of hydrogen-bond acceptors (Lipinski definition) is 5. The maximum atomic E-state index is 13.6. The molecule has 1 heterocycles. The first kappa shape index (κ1) is 20.7. The van der Waals surface area contributed by atoms with Crippen LogP contribution in [0.15, 0.2) is 42.5 Å². The topological polar surface area (TPSA) is 65.1 Å². The van der Waals surface area contributed by atoms with Gasteiger partial charge in [-0.15, -0.1) is 0 Å². The number of amides is 1. The van der Waals surface area contributed by atoms with E-state index < -0.39 is 0 Å². The number of benzene rings is 3. The highest BCUT2D eigenvalue weighted by molar-refractivity contribution is 6.17. The van der Waals surface area contributed by atoms with E-state index in [0.29, 0.717) is 36.8 Å². The van der Waals surface area contributed by atoms with Gasteiger partial charge in [-0.2, -0.15) is 0 Å². The van der Waals surface area contributed by atoms with E-state index in [1.807, 2.05) is 51.1 Å². The van der Waals surface area contributed by atoms with Gasteiger partial charge in [-0.3, -0.25) is 9.59 Å². The number of carbonyl (C=O) groups excluding carboxylic acids is 2. The monoisotopic (exact) mass is 419 g/mol. The highest BCUT2D eigenvalue weighted by Gasteiger charge is 2.36. The average molecular weight is 419 g/mol. The molecule has 3 aromatic carbocycles. The van der Waals surface area contributed by atoms with Gasteiger partial charge >= 0.3 is 5.97 Å². The third kappa shape index (κ3) is 3.58. The summed E-state index contributed by atoms with van der Waals surface area (Å²) < 4.78 is 17.2. The van der Waals surface area contributed by atoms with Crippen LogP contribution in [0.4, 0.5) is 5.69 Å². The molecule has 0 fully saturated rings. The molecule has 160 valence electrons. The number of hydrogen-bond donors (Lipinski definition) is 0. The minimum atomic E-state index is -0.380. The second-order valence-corrected chi connectivity index (χ2v) is 7.36. The van der Waals surface area contributed by atoms with Gasteiger partial charge in [-0.1, -0.05) is 24.3 Å². The summed E-state index contributed by atoms with van der Waals surface area (Å²) in [4.78, 5) is 26.6. The Hall–Kier alpha value is -3.54. The predicted octanol–water partition coefficient (Wildman–Crippen LogP) is 5.03. The molecule has 0 aromatic heterocycles. The lowest BCUT2D eigenvalue weighted by Gasteiger charge is -2.17. The molecule has 0 saturated carbocycles. The quantitative estimate of drug-likeness (QED) is 0.414. The van der Waals surface area contributed by atoms with Crippen molar-refractivity contribution in [2.45, 2.75) is 34.2 Å². The Kier molecular flexibility index (Phi) is 5.55. The number of carbonyl (C=O) groups is 2. The number of ether oxygens (including phenoxy) is 3. The minimum Gasteiger partial charge on any atom is -0.493 e. The predicted molar refractivity (Wildman–Crippen MR) is 119 cm³/mol. The van der Waals surface area contributed by atoms with Crippen LogP contribution in [0.2, 0.25) is 0 Å². The van der Waals surface area contributed by atoms with E-state index >= 15 is 0 Å². The van der Waals surface area contributed by atoms with Crippen LogP contribution in [-0.4, -0.2) is 25.1 Å². The van der Waals surface area contributed by atoms with Gasteiger partial charge in [0.1, 0.15) is 17.2 Å². The molecule has 6 heteroatoms. The van der Waals surface area contributed by atoms with Crippen LogP contribution in [0, 0.1) is 6.92 Å². The highest BCUT2D eigenvalue weighted by atomic mass is 16.5. The summed E-state index contributed by atoms with van der Waals surface area (Å²) in [6, 6.07) is 13.2. The van der Waals surface area contributed by atoms with Crippen LogP contribution in [0.3, 0.4) is 0 Å². The molecule has 1 aliphatic rings. The molecule has 31 heavy (non-hydrogen) atoms. The number of fused-ring (bicyclic) bond motifs is 2. The molecular formula is C25H25NO5. The maximum Gasteiger partial charge on any atom is 0.308 e. The summed E-state index contributed by atoms with van der Waals surface area (Å²) in [5.74, 6) is 1.29. The fourth-order valence-corrected chi connectivity index (χ4v) is 4.05. The summed E-state index contributed by atoms with van der Waals surface area (Å²) in [5.41, 5.74) is 2.88. The Morgan fingerprint density at radius 2 is 1.65 bits per heavy atom. The van der Waals surface area contributed by atoms with Gasteiger partial charge in [0.25, 0.3) is 5.91 Å². The Morgan fingerprint density at radius 1 is 1.00 bits per heavy atom. The fraction of sp³-hybridized carbons (Fsp3) is 0.280. The molecule has 0 bridgehead atoms. The van der Waals surface area contributed by atoms with E-state index in [2.05, 4.69) is 0 Å². The van der Waals surface area contributed by atoms with Gasteiger partial charge in [-0.05, 0) is 44.5 Å². The van der Waals surface area contributed by atoms with Crippen molar-refractivity contribution in [3.8, 4) is 17.2 Å².